The number of aromatic amines is 1. The average Bonchev–Trinajstić information content (AvgIpc) is 3.41. The summed E-state index contributed by atoms with van der Waals surface area (Å²) in [6, 6.07) is 16.0. The van der Waals surface area contributed by atoms with E-state index in [-0.39, 0.29) is 11.9 Å². The summed E-state index contributed by atoms with van der Waals surface area (Å²) >= 11 is 0. The second-order valence-electron chi connectivity index (χ2n) is 7.51. The van der Waals surface area contributed by atoms with Gasteiger partial charge in [0.2, 0.25) is 0 Å². The number of fused-ring (bicyclic) bond motifs is 3. The second-order valence-corrected chi connectivity index (χ2v) is 7.51. The lowest BCUT2D eigenvalue weighted by Crippen LogP contribution is -2.57. The Morgan fingerprint density at radius 1 is 1.04 bits per heavy atom. The molecule has 27 heavy (non-hydrogen) atoms. The molecule has 0 radical (unpaired) electrons. The Morgan fingerprint density at radius 2 is 1.85 bits per heavy atom. The minimum Gasteiger partial charge on any atom is -0.451 e. The van der Waals surface area contributed by atoms with Crippen molar-refractivity contribution in [3.63, 3.8) is 0 Å². The van der Waals surface area contributed by atoms with E-state index in [0.29, 0.717) is 17.4 Å². The van der Waals surface area contributed by atoms with Gasteiger partial charge in [-0.1, -0.05) is 24.3 Å². The van der Waals surface area contributed by atoms with Crippen LogP contribution in [0.4, 0.5) is 0 Å². The molecule has 3 aromatic rings. The van der Waals surface area contributed by atoms with Crippen LogP contribution in [0.3, 0.4) is 0 Å². The number of rotatable bonds is 4. The van der Waals surface area contributed by atoms with E-state index < -0.39 is 0 Å². The molecular weight excluding hydrogens is 338 g/mol. The maximum absolute atomic E-state index is 12.7. The number of carbonyl (C=O) groups is 1. The first-order valence-corrected chi connectivity index (χ1v) is 9.64. The number of hydrogen-bond acceptors (Lipinski definition) is 3. The van der Waals surface area contributed by atoms with Crippen LogP contribution in [0.15, 0.2) is 59.1 Å². The van der Waals surface area contributed by atoms with E-state index in [1.165, 1.54) is 12.8 Å². The van der Waals surface area contributed by atoms with E-state index >= 15 is 0 Å². The molecule has 1 aromatic carbocycles. The van der Waals surface area contributed by atoms with E-state index in [1.54, 1.807) is 6.07 Å². The molecule has 5 nitrogen and oxygen atoms in total. The van der Waals surface area contributed by atoms with Crippen LogP contribution in [0.25, 0.3) is 22.6 Å². The Hall–Kier alpha value is -2.79. The van der Waals surface area contributed by atoms with Crippen molar-refractivity contribution < 1.29 is 9.21 Å². The molecule has 2 N–H and O–H groups in total. The van der Waals surface area contributed by atoms with Gasteiger partial charge in [0.15, 0.2) is 5.76 Å². The number of benzene rings is 1. The molecule has 0 spiro atoms. The highest BCUT2D eigenvalue weighted by atomic mass is 16.3. The van der Waals surface area contributed by atoms with Crippen molar-refractivity contribution >= 4 is 5.91 Å². The maximum Gasteiger partial charge on any atom is 0.287 e. The lowest BCUT2D eigenvalue weighted by molar-refractivity contribution is 0.0606. The van der Waals surface area contributed by atoms with E-state index in [9.17, 15) is 4.79 Å². The van der Waals surface area contributed by atoms with Crippen molar-refractivity contribution in [3.05, 3.63) is 60.5 Å². The first kappa shape index (κ1) is 16.4. The Morgan fingerprint density at radius 3 is 2.56 bits per heavy atom. The first-order valence-electron chi connectivity index (χ1n) is 9.64. The summed E-state index contributed by atoms with van der Waals surface area (Å²) in [5.74, 6) is 1.57. The minimum atomic E-state index is -0.114. The molecule has 0 saturated carbocycles. The number of amides is 1. The van der Waals surface area contributed by atoms with Crippen molar-refractivity contribution in [2.45, 2.75) is 18.9 Å². The number of nitrogens with zero attached hydrogens (tertiary/aromatic N) is 1. The number of H-pyrrole nitrogens is 1. The monoisotopic (exact) mass is 361 g/mol. The highest BCUT2D eigenvalue weighted by molar-refractivity contribution is 5.92. The van der Waals surface area contributed by atoms with Gasteiger partial charge in [-0.25, -0.2) is 0 Å². The summed E-state index contributed by atoms with van der Waals surface area (Å²) < 4.78 is 5.95. The van der Waals surface area contributed by atoms with Gasteiger partial charge in [-0.3, -0.25) is 4.79 Å². The second kappa shape index (κ2) is 6.74. The van der Waals surface area contributed by atoms with Gasteiger partial charge >= 0.3 is 0 Å². The summed E-state index contributed by atoms with van der Waals surface area (Å²) in [5.41, 5.74) is 3.06. The average molecular weight is 361 g/mol. The van der Waals surface area contributed by atoms with E-state index in [4.69, 9.17) is 4.42 Å². The summed E-state index contributed by atoms with van der Waals surface area (Å²) in [5, 5.41) is 3.19. The molecule has 2 aromatic heterocycles. The van der Waals surface area contributed by atoms with Crippen LogP contribution in [-0.2, 0) is 0 Å². The van der Waals surface area contributed by atoms with E-state index in [0.717, 1.165) is 36.5 Å². The van der Waals surface area contributed by atoms with Gasteiger partial charge in [0, 0.05) is 35.6 Å². The molecule has 1 amide bonds. The molecule has 1 atom stereocenters. The van der Waals surface area contributed by atoms with Gasteiger partial charge in [-0.2, -0.15) is 0 Å². The van der Waals surface area contributed by atoms with E-state index in [1.807, 2.05) is 42.6 Å². The smallest absolute Gasteiger partial charge is 0.287 e. The Labute approximate surface area is 158 Å². The normalized spacial score (nSPS) is 24.1. The quantitative estimate of drug-likeness (QED) is 0.744. The lowest BCUT2D eigenvalue weighted by Gasteiger charge is -2.44. The number of nitrogens with one attached hydrogen (secondary N) is 2. The number of piperidine rings is 3. The zero-order valence-electron chi connectivity index (χ0n) is 15.2. The fourth-order valence-electron chi connectivity index (χ4n) is 4.40. The molecule has 5 heteroatoms. The maximum atomic E-state index is 12.7. The fraction of sp³-hybridized carbons (Fsp3) is 0.318. The van der Waals surface area contributed by atoms with Gasteiger partial charge in [0.1, 0.15) is 5.76 Å². The predicted molar refractivity (Wildman–Crippen MR) is 104 cm³/mol. The third-order valence-corrected chi connectivity index (χ3v) is 5.88. The van der Waals surface area contributed by atoms with E-state index in [2.05, 4.69) is 21.3 Å². The molecule has 138 valence electrons. The summed E-state index contributed by atoms with van der Waals surface area (Å²) in [7, 11) is 0. The van der Waals surface area contributed by atoms with Gasteiger partial charge in [-0.05, 0) is 56.1 Å². The zero-order valence-corrected chi connectivity index (χ0v) is 15.2. The molecule has 6 rings (SSSR count). The van der Waals surface area contributed by atoms with Crippen LogP contribution in [-0.4, -0.2) is 41.5 Å². The van der Waals surface area contributed by atoms with Crippen LogP contribution in [0.1, 0.15) is 23.4 Å². The van der Waals surface area contributed by atoms with Gasteiger partial charge in [0.05, 0.1) is 0 Å². The topological polar surface area (TPSA) is 61.3 Å². The van der Waals surface area contributed by atoms with Crippen molar-refractivity contribution in [1.29, 1.82) is 0 Å². The van der Waals surface area contributed by atoms with Gasteiger partial charge in [-0.15, -0.1) is 0 Å². The number of hydrogen-bond donors (Lipinski definition) is 2. The number of carbonyl (C=O) groups excluding carboxylic acids is 1. The highest BCUT2D eigenvalue weighted by Gasteiger charge is 2.35. The fourth-order valence-corrected chi connectivity index (χ4v) is 4.40. The molecule has 3 fully saturated rings. The van der Waals surface area contributed by atoms with Gasteiger partial charge < -0.3 is 19.6 Å². The highest BCUT2D eigenvalue weighted by Crippen LogP contribution is 2.32. The van der Waals surface area contributed by atoms with Crippen molar-refractivity contribution in [3.8, 4) is 22.6 Å². The Balaban J connectivity index is 1.37. The van der Waals surface area contributed by atoms with Crippen molar-refractivity contribution in [2.75, 3.05) is 19.6 Å². The predicted octanol–water partition coefficient (Wildman–Crippen LogP) is 3.77. The number of furan rings is 1. The molecule has 5 heterocycles. The third kappa shape index (κ3) is 3.08. The summed E-state index contributed by atoms with van der Waals surface area (Å²) in [4.78, 5) is 18.4. The van der Waals surface area contributed by atoms with Crippen LogP contribution in [0, 0.1) is 5.92 Å². The van der Waals surface area contributed by atoms with Crippen molar-refractivity contribution in [1.82, 2.24) is 15.2 Å². The standard InChI is InChI=1S/C22H23N3O2/c26-22(24-19-14-25-12-9-15(19)10-13-25)21-8-7-20(27-21)17-5-2-1-4-16(17)18-6-3-11-23-18/h1-8,11,15,19,23H,9-10,12-14H2,(H,24,26)/t19-/m0/s1. The van der Waals surface area contributed by atoms with Crippen LogP contribution < -0.4 is 5.32 Å². The largest absolute Gasteiger partial charge is 0.451 e. The third-order valence-electron chi connectivity index (χ3n) is 5.88. The Bertz CT molecular complexity index is 936. The molecule has 2 bridgehead atoms. The molecule has 3 aliphatic heterocycles. The summed E-state index contributed by atoms with van der Waals surface area (Å²) in [6.07, 6.45) is 4.26. The van der Waals surface area contributed by atoms with Crippen molar-refractivity contribution in [2.24, 2.45) is 5.92 Å². The molecule has 3 saturated heterocycles. The van der Waals surface area contributed by atoms with Crippen LogP contribution in [0.2, 0.25) is 0 Å². The molecular formula is C22H23N3O2. The van der Waals surface area contributed by atoms with Gasteiger partial charge in [0.25, 0.3) is 5.91 Å². The zero-order chi connectivity index (χ0) is 18.2. The SMILES string of the molecule is O=C(N[C@H]1CN2CCC1CC2)c1ccc(-c2ccccc2-c2ccc[nH]2)o1. The first-order chi connectivity index (χ1) is 13.3. The van der Waals surface area contributed by atoms with Crippen LogP contribution in [0.5, 0.6) is 0 Å². The molecule has 0 aliphatic carbocycles. The van der Waals surface area contributed by atoms with Crippen LogP contribution >= 0.6 is 0 Å². The lowest BCUT2D eigenvalue weighted by atomic mass is 9.84. The Kier molecular flexibility index (Phi) is 4.09. The minimum absolute atomic E-state index is 0.114. The molecule has 3 aliphatic rings. The summed E-state index contributed by atoms with van der Waals surface area (Å²) in [6.45, 7) is 3.29. The number of aromatic nitrogens is 1. The molecule has 0 unspecified atom stereocenters.